The lowest BCUT2D eigenvalue weighted by Crippen LogP contribution is -2.19. The van der Waals surface area contributed by atoms with Crippen LogP contribution in [0.4, 0.5) is 24.5 Å². The number of carbonyl (C=O) groups excluding carboxylic acids is 1. The number of esters is 1. The predicted molar refractivity (Wildman–Crippen MR) is 109 cm³/mol. The molecule has 3 aromatic rings. The zero-order chi connectivity index (χ0) is 24.2. The second-order valence-electron chi connectivity index (χ2n) is 6.54. The van der Waals surface area contributed by atoms with Gasteiger partial charge in [0.15, 0.2) is 11.6 Å². The van der Waals surface area contributed by atoms with E-state index in [4.69, 9.17) is 4.74 Å². The molecule has 0 radical (unpaired) electrons. The maximum atomic E-state index is 12.8. The number of H-pyrrole nitrogens is 1. The van der Waals surface area contributed by atoms with Crippen molar-refractivity contribution >= 4 is 34.0 Å². The minimum absolute atomic E-state index is 0.0609. The summed E-state index contributed by atoms with van der Waals surface area (Å²) in [6, 6.07) is 10.4. The van der Waals surface area contributed by atoms with Gasteiger partial charge in [0.25, 0.3) is 5.69 Å². The van der Waals surface area contributed by atoms with Gasteiger partial charge in [0, 0.05) is 6.07 Å². The van der Waals surface area contributed by atoms with Crippen LogP contribution in [0.3, 0.4) is 0 Å². The van der Waals surface area contributed by atoms with Crippen molar-refractivity contribution in [1.82, 2.24) is 9.97 Å². The van der Waals surface area contributed by atoms with Crippen molar-refractivity contribution in [2.24, 2.45) is 0 Å². The molecule has 0 aliphatic carbocycles. The largest absolute Gasteiger partial charge is 0.507 e. The van der Waals surface area contributed by atoms with Gasteiger partial charge < -0.3 is 20.1 Å². The van der Waals surface area contributed by atoms with E-state index in [2.05, 4.69) is 15.3 Å². The van der Waals surface area contributed by atoms with E-state index in [1.807, 2.05) is 0 Å². The average Bonchev–Trinajstić information content (AvgIpc) is 3.19. The molecular formula is C20H14F3N5O5. The number of ether oxygens (including phenoxy) is 1. The number of hydrogen-bond donors (Lipinski definition) is 3. The molecule has 0 bridgehead atoms. The van der Waals surface area contributed by atoms with E-state index in [1.165, 1.54) is 0 Å². The Morgan fingerprint density at radius 1 is 1.30 bits per heavy atom. The van der Waals surface area contributed by atoms with E-state index in [0.717, 1.165) is 6.07 Å². The number of nitriles is 1. The first-order valence-electron chi connectivity index (χ1n) is 9.12. The highest BCUT2D eigenvalue weighted by molar-refractivity contribution is 5.83. The molecule has 0 amide bonds. The molecule has 3 rings (SSSR count). The molecule has 13 heteroatoms. The first-order valence-corrected chi connectivity index (χ1v) is 9.12. The Kier molecular flexibility index (Phi) is 6.48. The molecule has 0 atom stereocenters. The van der Waals surface area contributed by atoms with Gasteiger partial charge in [0.05, 0.1) is 21.5 Å². The number of nitrogens with zero attached hydrogens (tertiary/aromatic N) is 3. The van der Waals surface area contributed by atoms with Gasteiger partial charge in [-0.3, -0.25) is 14.9 Å². The number of nitro groups is 1. The number of allylic oxidation sites excluding steroid dienone is 1. The van der Waals surface area contributed by atoms with E-state index in [1.54, 1.807) is 30.3 Å². The van der Waals surface area contributed by atoms with E-state index in [-0.39, 0.29) is 17.1 Å². The molecule has 0 fully saturated rings. The van der Waals surface area contributed by atoms with Gasteiger partial charge >= 0.3 is 12.1 Å². The zero-order valence-electron chi connectivity index (χ0n) is 16.5. The number of hydrogen-bond acceptors (Lipinski definition) is 8. The molecule has 0 saturated carbocycles. The van der Waals surface area contributed by atoms with Crippen molar-refractivity contribution in [3.05, 3.63) is 69.7 Å². The first kappa shape index (κ1) is 23.1. The van der Waals surface area contributed by atoms with Crippen LogP contribution in [0.5, 0.6) is 0 Å². The molecule has 1 heterocycles. The van der Waals surface area contributed by atoms with Crippen molar-refractivity contribution < 1.29 is 32.7 Å². The smallest absolute Gasteiger partial charge is 0.416 e. The molecule has 0 aliphatic rings. The minimum atomic E-state index is -4.77. The molecule has 0 aliphatic heterocycles. The van der Waals surface area contributed by atoms with Gasteiger partial charge in [-0.1, -0.05) is 12.1 Å². The maximum absolute atomic E-state index is 12.8. The van der Waals surface area contributed by atoms with Crippen LogP contribution >= 0.6 is 0 Å². The molecule has 0 unspecified atom stereocenters. The number of imidazole rings is 1. The number of alkyl halides is 3. The highest BCUT2D eigenvalue weighted by Crippen LogP contribution is 2.34. The van der Waals surface area contributed by atoms with Crippen molar-refractivity contribution in [3.8, 4) is 6.07 Å². The molecule has 33 heavy (non-hydrogen) atoms. The summed E-state index contributed by atoms with van der Waals surface area (Å²) in [5, 5.41) is 32.9. The Bertz CT molecular complexity index is 1260. The second-order valence-corrected chi connectivity index (χ2v) is 6.54. The van der Waals surface area contributed by atoms with Crippen LogP contribution in [0.25, 0.3) is 16.6 Å². The summed E-state index contributed by atoms with van der Waals surface area (Å²) in [7, 11) is 0. The topological polar surface area (TPSA) is 154 Å². The number of aliphatic hydroxyl groups is 1. The van der Waals surface area contributed by atoms with Gasteiger partial charge in [0.2, 0.25) is 0 Å². The lowest BCUT2D eigenvalue weighted by atomic mass is 10.1. The molecule has 1 aromatic heterocycles. The van der Waals surface area contributed by atoms with Crippen LogP contribution in [0.2, 0.25) is 0 Å². The molecule has 0 saturated heterocycles. The fourth-order valence-electron chi connectivity index (χ4n) is 2.77. The zero-order valence-corrected chi connectivity index (χ0v) is 16.5. The number of carbonyl (C=O) groups is 1. The Balaban J connectivity index is 1.66. The van der Waals surface area contributed by atoms with Gasteiger partial charge in [-0.05, 0) is 24.3 Å². The fraction of sp³-hybridized carbons (Fsp3) is 0.150. The Morgan fingerprint density at radius 2 is 2.03 bits per heavy atom. The summed E-state index contributed by atoms with van der Waals surface area (Å²) >= 11 is 0. The third kappa shape index (κ3) is 5.37. The SMILES string of the molecule is N#CC(=C(O)COC(=O)CNc1ccc(C(F)(F)F)cc1[N+](=O)[O-])c1nc2ccccc2[nH]1. The van der Waals surface area contributed by atoms with Crippen molar-refractivity contribution in [2.75, 3.05) is 18.5 Å². The third-order valence-corrected chi connectivity index (χ3v) is 4.34. The van der Waals surface area contributed by atoms with E-state index in [0.29, 0.717) is 23.2 Å². The average molecular weight is 461 g/mol. The molecule has 10 nitrogen and oxygen atoms in total. The van der Waals surface area contributed by atoms with Crippen molar-refractivity contribution in [1.29, 1.82) is 5.26 Å². The normalized spacial score (nSPS) is 12.1. The number of fused-ring (bicyclic) bond motifs is 1. The summed E-state index contributed by atoms with van der Waals surface area (Å²) in [6.07, 6.45) is -4.77. The highest BCUT2D eigenvalue weighted by Gasteiger charge is 2.33. The third-order valence-electron chi connectivity index (χ3n) is 4.34. The molecule has 2 aromatic carbocycles. The van der Waals surface area contributed by atoms with E-state index in [9.17, 15) is 38.4 Å². The maximum Gasteiger partial charge on any atom is 0.416 e. The molecule has 3 N–H and O–H groups in total. The van der Waals surface area contributed by atoms with E-state index < -0.39 is 47.2 Å². The first-order chi connectivity index (χ1) is 15.6. The Labute approximate surface area is 183 Å². The Hall–Kier alpha value is -4.60. The molecule has 170 valence electrons. The second kappa shape index (κ2) is 9.27. The standard InChI is InChI=1S/C20H14F3N5O5/c21-20(22,23)11-5-6-15(16(7-11)28(31)32)25-9-18(30)33-10-17(29)12(8-24)19-26-13-3-1-2-4-14(13)27-19/h1-7,25,29H,9-10H2,(H,26,27). The monoisotopic (exact) mass is 461 g/mol. The molecular weight excluding hydrogens is 447 g/mol. The van der Waals surface area contributed by atoms with Crippen LogP contribution in [-0.4, -0.2) is 39.1 Å². The number of para-hydroxylation sites is 2. The van der Waals surface area contributed by atoms with Crippen molar-refractivity contribution in [2.45, 2.75) is 6.18 Å². The number of anilines is 1. The van der Waals surface area contributed by atoms with Gasteiger partial charge in [-0.15, -0.1) is 0 Å². The minimum Gasteiger partial charge on any atom is -0.507 e. The van der Waals surface area contributed by atoms with Crippen LogP contribution < -0.4 is 5.32 Å². The number of nitrogens with one attached hydrogen (secondary N) is 2. The Morgan fingerprint density at radius 3 is 2.67 bits per heavy atom. The number of halogens is 3. The summed E-state index contributed by atoms with van der Waals surface area (Å²) in [4.78, 5) is 29.0. The highest BCUT2D eigenvalue weighted by atomic mass is 19.4. The van der Waals surface area contributed by atoms with Crippen LogP contribution in [-0.2, 0) is 15.7 Å². The predicted octanol–water partition coefficient (Wildman–Crippen LogP) is 3.94. The number of aliphatic hydroxyl groups excluding tert-OH is 1. The van der Waals surface area contributed by atoms with Crippen LogP contribution in [0.1, 0.15) is 11.4 Å². The summed E-state index contributed by atoms with van der Waals surface area (Å²) in [6.45, 7) is -1.35. The number of aromatic amines is 1. The summed E-state index contributed by atoms with van der Waals surface area (Å²) in [5.41, 5.74) is -1.51. The van der Waals surface area contributed by atoms with Gasteiger partial charge in [-0.2, -0.15) is 18.4 Å². The van der Waals surface area contributed by atoms with Gasteiger partial charge in [0.1, 0.15) is 30.5 Å². The lowest BCUT2D eigenvalue weighted by Gasteiger charge is -2.10. The molecule has 0 spiro atoms. The van der Waals surface area contributed by atoms with Crippen LogP contribution in [0.15, 0.2) is 48.2 Å². The summed E-state index contributed by atoms with van der Waals surface area (Å²) < 4.78 is 43.1. The van der Waals surface area contributed by atoms with Crippen molar-refractivity contribution in [3.63, 3.8) is 0 Å². The number of aromatic nitrogens is 2. The quantitative estimate of drug-likeness (QED) is 0.157. The lowest BCUT2D eigenvalue weighted by molar-refractivity contribution is -0.384. The summed E-state index contributed by atoms with van der Waals surface area (Å²) in [5.74, 6) is -1.52. The van der Waals surface area contributed by atoms with E-state index >= 15 is 0 Å². The van der Waals surface area contributed by atoms with Crippen LogP contribution in [0, 0.1) is 21.4 Å². The number of rotatable bonds is 7. The van der Waals surface area contributed by atoms with Gasteiger partial charge in [-0.25, -0.2) is 4.98 Å². The number of benzene rings is 2. The number of nitro benzene ring substituents is 1. The fourth-order valence-corrected chi connectivity index (χ4v) is 2.77.